The van der Waals surface area contributed by atoms with Crippen molar-refractivity contribution in [1.82, 2.24) is 10.6 Å². The van der Waals surface area contributed by atoms with Crippen molar-refractivity contribution < 1.29 is 29.4 Å². The number of benzene rings is 1. The molecule has 6 N–H and O–H groups in total. The van der Waals surface area contributed by atoms with Gasteiger partial charge in [-0.2, -0.15) is 0 Å². The van der Waals surface area contributed by atoms with Crippen LogP contribution in [0.15, 0.2) is 30.3 Å². The van der Waals surface area contributed by atoms with Crippen LogP contribution in [0.1, 0.15) is 25.8 Å². The van der Waals surface area contributed by atoms with Gasteiger partial charge in [0, 0.05) is 11.8 Å². The number of carbonyl (C=O) groups is 4. The number of carboxylic acids is 2. The number of nitrogens with two attached hydrogens (primary N) is 1. The number of hydrogen-bond donors (Lipinski definition) is 5. The van der Waals surface area contributed by atoms with Crippen LogP contribution in [-0.2, 0) is 19.2 Å². The van der Waals surface area contributed by atoms with E-state index >= 15 is 0 Å². The number of nitrogens with one attached hydrogen (secondary N) is 2. The molecular formula is C18H23N3O6. The predicted octanol–water partition coefficient (Wildman–Crippen LogP) is 0.467. The van der Waals surface area contributed by atoms with Crippen molar-refractivity contribution in [2.45, 2.75) is 32.4 Å². The highest BCUT2D eigenvalue weighted by atomic mass is 16.4. The Morgan fingerprint density at radius 1 is 1.07 bits per heavy atom. The van der Waals surface area contributed by atoms with E-state index in [4.69, 9.17) is 15.9 Å². The van der Waals surface area contributed by atoms with Gasteiger partial charge >= 0.3 is 11.9 Å². The van der Waals surface area contributed by atoms with Gasteiger partial charge in [-0.15, -0.1) is 0 Å². The predicted molar refractivity (Wildman–Crippen MR) is 98.5 cm³/mol. The maximum atomic E-state index is 12.3. The first-order chi connectivity index (χ1) is 12.6. The SMILES string of the molecule is CC(C)[C@H](NC(=O)[C@H](CC(=O)O)NC(=O)C=Cc1ccc(N)cc1)C(=O)O. The Balaban J connectivity index is 2.82. The molecule has 9 nitrogen and oxygen atoms in total. The third-order valence-corrected chi connectivity index (χ3v) is 3.61. The highest BCUT2D eigenvalue weighted by Gasteiger charge is 2.29. The zero-order valence-electron chi connectivity index (χ0n) is 15.0. The minimum atomic E-state index is -1.41. The number of rotatable bonds is 9. The first-order valence-corrected chi connectivity index (χ1v) is 8.19. The average molecular weight is 377 g/mol. The average Bonchev–Trinajstić information content (AvgIpc) is 2.57. The highest BCUT2D eigenvalue weighted by Crippen LogP contribution is 2.07. The van der Waals surface area contributed by atoms with E-state index < -0.39 is 48.2 Å². The summed E-state index contributed by atoms with van der Waals surface area (Å²) in [4.78, 5) is 46.4. The van der Waals surface area contributed by atoms with Gasteiger partial charge in [-0.3, -0.25) is 14.4 Å². The first-order valence-electron chi connectivity index (χ1n) is 8.19. The van der Waals surface area contributed by atoms with Crippen molar-refractivity contribution in [2.75, 3.05) is 5.73 Å². The van der Waals surface area contributed by atoms with Gasteiger partial charge < -0.3 is 26.6 Å². The van der Waals surface area contributed by atoms with Crippen molar-refractivity contribution in [3.8, 4) is 0 Å². The lowest BCUT2D eigenvalue weighted by Gasteiger charge is -2.22. The summed E-state index contributed by atoms with van der Waals surface area (Å²) in [6, 6.07) is 4.05. The van der Waals surface area contributed by atoms with Crippen LogP contribution in [0.3, 0.4) is 0 Å². The molecule has 2 atom stereocenters. The maximum Gasteiger partial charge on any atom is 0.326 e. The Morgan fingerprint density at radius 3 is 2.15 bits per heavy atom. The molecule has 0 aromatic heterocycles. The summed E-state index contributed by atoms with van der Waals surface area (Å²) in [7, 11) is 0. The Hall–Kier alpha value is -3.36. The maximum absolute atomic E-state index is 12.3. The molecule has 1 aromatic carbocycles. The van der Waals surface area contributed by atoms with E-state index in [0.717, 1.165) is 6.08 Å². The smallest absolute Gasteiger partial charge is 0.326 e. The van der Waals surface area contributed by atoms with Crippen LogP contribution >= 0.6 is 0 Å². The van der Waals surface area contributed by atoms with Crippen molar-refractivity contribution in [3.05, 3.63) is 35.9 Å². The fourth-order valence-electron chi connectivity index (χ4n) is 2.15. The van der Waals surface area contributed by atoms with Crippen LogP contribution in [0.2, 0.25) is 0 Å². The van der Waals surface area contributed by atoms with Gasteiger partial charge in [0.05, 0.1) is 6.42 Å². The molecule has 0 aliphatic rings. The van der Waals surface area contributed by atoms with Gasteiger partial charge in [0.25, 0.3) is 0 Å². The van der Waals surface area contributed by atoms with Crippen molar-refractivity contribution in [1.29, 1.82) is 0 Å². The molecular weight excluding hydrogens is 354 g/mol. The van der Waals surface area contributed by atoms with Gasteiger partial charge in [-0.25, -0.2) is 4.79 Å². The number of carboxylic acid groups (broad SMARTS) is 2. The zero-order valence-corrected chi connectivity index (χ0v) is 15.0. The summed E-state index contributed by atoms with van der Waals surface area (Å²) >= 11 is 0. The molecule has 0 saturated heterocycles. The summed E-state index contributed by atoms with van der Waals surface area (Å²) in [6.07, 6.45) is 1.93. The summed E-state index contributed by atoms with van der Waals surface area (Å²) in [5.41, 5.74) is 6.81. The van der Waals surface area contributed by atoms with E-state index in [1.165, 1.54) is 6.08 Å². The second-order valence-electron chi connectivity index (χ2n) is 6.23. The van der Waals surface area contributed by atoms with E-state index in [2.05, 4.69) is 10.6 Å². The lowest BCUT2D eigenvalue weighted by Crippen LogP contribution is -2.53. The third-order valence-electron chi connectivity index (χ3n) is 3.61. The molecule has 0 radical (unpaired) electrons. The van der Waals surface area contributed by atoms with Crippen LogP contribution < -0.4 is 16.4 Å². The molecule has 0 aliphatic heterocycles. The summed E-state index contributed by atoms with van der Waals surface area (Å²) in [6.45, 7) is 3.19. The second-order valence-corrected chi connectivity index (χ2v) is 6.23. The van der Waals surface area contributed by atoms with Crippen LogP contribution in [0.4, 0.5) is 5.69 Å². The molecule has 0 spiro atoms. The lowest BCUT2D eigenvalue weighted by atomic mass is 10.0. The molecule has 0 heterocycles. The lowest BCUT2D eigenvalue weighted by molar-refractivity contribution is -0.144. The minimum absolute atomic E-state index is 0.418. The second kappa shape index (κ2) is 9.95. The molecule has 0 unspecified atom stereocenters. The molecule has 0 saturated carbocycles. The number of hydrogen-bond acceptors (Lipinski definition) is 5. The van der Waals surface area contributed by atoms with Gasteiger partial charge in [-0.05, 0) is 29.7 Å². The van der Waals surface area contributed by atoms with Crippen LogP contribution in [0.25, 0.3) is 6.08 Å². The Kier molecular flexibility index (Phi) is 7.99. The van der Waals surface area contributed by atoms with Gasteiger partial charge in [0.2, 0.25) is 11.8 Å². The first kappa shape index (κ1) is 21.7. The molecule has 9 heteroatoms. The van der Waals surface area contributed by atoms with Crippen molar-refractivity contribution in [2.24, 2.45) is 5.92 Å². The fourth-order valence-corrected chi connectivity index (χ4v) is 2.15. The van der Waals surface area contributed by atoms with Gasteiger partial charge in [0.1, 0.15) is 12.1 Å². The molecule has 146 valence electrons. The molecule has 1 rings (SSSR count). The number of carbonyl (C=O) groups excluding carboxylic acids is 2. The van der Waals surface area contributed by atoms with Gasteiger partial charge in [-0.1, -0.05) is 26.0 Å². The normalized spacial score (nSPS) is 13.1. The zero-order chi connectivity index (χ0) is 20.6. The highest BCUT2D eigenvalue weighted by molar-refractivity contribution is 5.97. The molecule has 1 aromatic rings. The van der Waals surface area contributed by atoms with E-state index in [0.29, 0.717) is 11.3 Å². The molecule has 0 bridgehead atoms. The van der Waals surface area contributed by atoms with Crippen molar-refractivity contribution >= 4 is 35.5 Å². The summed E-state index contributed by atoms with van der Waals surface area (Å²) in [5, 5.41) is 22.6. The molecule has 0 fully saturated rings. The van der Waals surface area contributed by atoms with Crippen LogP contribution in [0.5, 0.6) is 0 Å². The number of aliphatic carboxylic acids is 2. The topological polar surface area (TPSA) is 159 Å². The van der Waals surface area contributed by atoms with Crippen LogP contribution in [-0.4, -0.2) is 46.0 Å². The molecule has 27 heavy (non-hydrogen) atoms. The van der Waals surface area contributed by atoms with E-state index in [1.807, 2.05) is 0 Å². The monoisotopic (exact) mass is 377 g/mol. The Morgan fingerprint density at radius 2 is 1.67 bits per heavy atom. The summed E-state index contributed by atoms with van der Waals surface area (Å²) < 4.78 is 0. The number of anilines is 1. The van der Waals surface area contributed by atoms with Gasteiger partial charge in [0.15, 0.2) is 0 Å². The Bertz CT molecular complexity index is 727. The minimum Gasteiger partial charge on any atom is -0.481 e. The van der Waals surface area contributed by atoms with Crippen molar-refractivity contribution in [3.63, 3.8) is 0 Å². The van der Waals surface area contributed by atoms with Crippen LogP contribution in [0, 0.1) is 5.92 Å². The Labute approximate surface area is 156 Å². The molecule has 2 amide bonds. The quantitative estimate of drug-likeness (QED) is 0.309. The van der Waals surface area contributed by atoms with E-state index in [-0.39, 0.29) is 0 Å². The number of amides is 2. The largest absolute Gasteiger partial charge is 0.481 e. The van der Waals surface area contributed by atoms with E-state index in [1.54, 1.807) is 38.1 Å². The standard InChI is InChI=1S/C18H23N3O6/c1-10(2)16(18(26)27)21-17(25)13(9-15(23)24)20-14(22)8-5-11-3-6-12(19)7-4-11/h3-8,10,13,16H,9,19H2,1-2H3,(H,20,22)(H,21,25)(H,23,24)(H,26,27)/t13-,16-/m0/s1. The summed E-state index contributed by atoms with van der Waals surface area (Å²) in [5.74, 6) is -4.55. The fraction of sp³-hybridized carbons (Fsp3) is 0.333. The van der Waals surface area contributed by atoms with E-state index in [9.17, 15) is 19.2 Å². The molecule has 0 aliphatic carbocycles. The third kappa shape index (κ3) is 7.59. The number of nitrogen functional groups attached to an aromatic ring is 1.